The Balaban J connectivity index is 1.62. The number of hydrogen-bond acceptors (Lipinski definition) is 3. The highest BCUT2D eigenvalue weighted by molar-refractivity contribution is 5.77. The van der Waals surface area contributed by atoms with E-state index in [0.717, 1.165) is 38.4 Å². The maximum atomic E-state index is 11.5. The lowest BCUT2D eigenvalue weighted by Gasteiger charge is -2.33. The van der Waals surface area contributed by atoms with E-state index >= 15 is 0 Å². The molecule has 92 valence electrons. The molecule has 1 amide bonds. The summed E-state index contributed by atoms with van der Waals surface area (Å²) in [7, 11) is 0. The second kappa shape index (κ2) is 5.15. The van der Waals surface area contributed by atoms with Crippen LogP contribution in [0.15, 0.2) is 0 Å². The summed E-state index contributed by atoms with van der Waals surface area (Å²) >= 11 is 0. The monoisotopic (exact) mass is 226 g/mol. The third-order valence-electron chi connectivity index (χ3n) is 3.39. The van der Waals surface area contributed by atoms with Crippen molar-refractivity contribution in [2.24, 2.45) is 5.92 Å². The van der Waals surface area contributed by atoms with Crippen LogP contribution < -0.4 is 10.6 Å². The zero-order chi connectivity index (χ0) is 11.4. The van der Waals surface area contributed by atoms with E-state index in [-0.39, 0.29) is 18.1 Å². The van der Waals surface area contributed by atoms with Gasteiger partial charge in [0.05, 0.1) is 5.60 Å². The number of hydrogen-bond donors (Lipinski definition) is 2. The van der Waals surface area contributed by atoms with Gasteiger partial charge in [-0.15, -0.1) is 0 Å². The van der Waals surface area contributed by atoms with Gasteiger partial charge in [0.1, 0.15) is 6.61 Å². The third kappa shape index (κ3) is 3.76. The summed E-state index contributed by atoms with van der Waals surface area (Å²) in [5.74, 6) is 0.759. The zero-order valence-corrected chi connectivity index (χ0v) is 10.1. The van der Waals surface area contributed by atoms with Gasteiger partial charge in [0.15, 0.2) is 0 Å². The minimum absolute atomic E-state index is 0.0266. The molecule has 2 N–H and O–H groups in total. The van der Waals surface area contributed by atoms with Crippen LogP contribution in [-0.4, -0.2) is 37.7 Å². The number of nitrogens with one attached hydrogen (secondary N) is 2. The minimum atomic E-state index is -0.158. The van der Waals surface area contributed by atoms with Crippen molar-refractivity contribution < 1.29 is 9.53 Å². The van der Waals surface area contributed by atoms with Gasteiger partial charge in [0.25, 0.3) is 0 Å². The fraction of sp³-hybridized carbons (Fsp3) is 0.917. The van der Waals surface area contributed by atoms with E-state index in [4.69, 9.17) is 4.74 Å². The molecule has 1 atom stereocenters. The van der Waals surface area contributed by atoms with Gasteiger partial charge in [-0.1, -0.05) is 0 Å². The first-order chi connectivity index (χ1) is 7.68. The second-order valence-electron chi connectivity index (χ2n) is 5.27. The quantitative estimate of drug-likeness (QED) is 0.724. The molecule has 2 fully saturated rings. The fourth-order valence-electron chi connectivity index (χ4n) is 2.02. The SMILES string of the molecule is CC1(OCC(=O)NCC2CC2)CCCNC1. The van der Waals surface area contributed by atoms with E-state index in [1.807, 2.05) is 0 Å². The molecule has 0 aromatic heterocycles. The fourth-order valence-corrected chi connectivity index (χ4v) is 2.02. The molecular formula is C12H22N2O2. The predicted octanol–water partition coefficient (Wildman–Crippen LogP) is 0.671. The summed E-state index contributed by atoms with van der Waals surface area (Å²) in [4.78, 5) is 11.5. The molecule has 2 aliphatic rings. The summed E-state index contributed by atoms with van der Waals surface area (Å²) < 4.78 is 5.71. The van der Waals surface area contributed by atoms with E-state index in [2.05, 4.69) is 17.6 Å². The zero-order valence-electron chi connectivity index (χ0n) is 10.1. The molecule has 1 saturated heterocycles. The van der Waals surface area contributed by atoms with Gasteiger partial charge < -0.3 is 15.4 Å². The van der Waals surface area contributed by atoms with Crippen molar-refractivity contribution in [3.05, 3.63) is 0 Å². The molecule has 0 aromatic rings. The van der Waals surface area contributed by atoms with Gasteiger partial charge in [-0.25, -0.2) is 0 Å². The van der Waals surface area contributed by atoms with Crippen LogP contribution >= 0.6 is 0 Å². The molecule has 1 aliphatic heterocycles. The molecule has 0 radical (unpaired) electrons. The highest BCUT2D eigenvalue weighted by Crippen LogP contribution is 2.27. The van der Waals surface area contributed by atoms with Crippen LogP contribution in [0.2, 0.25) is 0 Å². The first-order valence-corrected chi connectivity index (χ1v) is 6.29. The van der Waals surface area contributed by atoms with E-state index < -0.39 is 0 Å². The van der Waals surface area contributed by atoms with Gasteiger partial charge in [0.2, 0.25) is 5.91 Å². The first kappa shape index (κ1) is 11.9. The number of carbonyl (C=O) groups excluding carboxylic acids is 1. The van der Waals surface area contributed by atoms with Gasteiger partial charge in [0, 0.05) is 13.1 Å². The summed E-state index contributed by atoms with van der Waals surface area (Å²) in [5, 5.41) is 6.22. The molecule has 1 heterocycles. The maximum Gasteiger partial charge on any atom is 0.246 e. The van der Waals surface area contributed by atoms with Crippen molar-refractivity contribution in [1.29, 1.82) is 0 Å². The van der Waals surface area contributed by atoms with E-state index in [9.17, 15) is 4.79 Å². The van der Waals surface area contributed by atoms with Crippen LogP contribution in [0.5, 0.6) is 0 Å². The highest BCUT2D eigenvalue weighted by atomic mass is 16.5. The molecule has 0 bridgehead atoms. The number of rotatable bonds is 5. The number of amides is 1. The Morgan fingerprint density at radius 1 is 1.56 bits per heavy atom. The Morgan fingerprint density at radius 2 is 2.38 bits per heavy atom. The molecule has 1 aliphatic carbocycles. The molecule has 4 heteroatoms. The summed E-state index contributed by atoms with van der Waals surface area (Å²) in [6.07, 6.45) is 4.70. The molecule has 1 saturated carbocycles. The average molecular weight is 226 g/mol. The van der Waals surface area contributed by atoms with Crippen molar-refractivity contribution in [3.8, 4) is 0 Å². The molecule has 2 rings (SSSR count). The first-order valence-electron chi connectivity index (χ1n) is 6.29. The lowest BCUT2D eigenvalue weighted by molar-refractivity contribution is -0.133. The molecular weight excluding hydrogens is 204 g/mol. The lowest BCUT2D eigenvalue weighted by Crippen LogP contribution is -2.47. The smallest absolute Gasteiger partial charge is 0.246 e. The Labute approximate surface area is 97.1 Å². The number of piperidine rings is 1. The van der Waals surface area contributed by atoms with Gasteiger partial charge in [-0.3, -0.25) is 4.79 Å². The van der Waals surface area contributed by atoms with Crippen molar-refractivity contribution in [2.75, 3.05) is 26.2 Å². The van der Waals surface area contributed by atoms with Gasteiger partial charge in [-0.2, -0.15) is 0 Å². The van der Waals surface area contributed by atoms with Crippen LogP contribution in [0.1, 0.15) is 32.6 Å². The Hall–Kier alpha value is -0.610. The van der Waals surface area contributed by atoms with Crippen LogP contribution in [0, 0.1) is 5.92 Å². The average Bonchev–Trinajstić information content (AvgIpc) is 3.09. The molecule has 16 heavy (non-hydrogen) atoms. The van der Waals surface area contributed by atoms with Crippen LogP contribution in [0.4, 0.5) is 0 Å². The molecule has 1 unspecified atom stereocenters. The second-order valence-corrected chi connectivity index (χ2v) is 5.27. The summed E-state index contributed by atoms with van der Waals surface area (Å²) in [6, 6.07) is 0. The topological polar surface area (TPSA) is 50.4 Å². The number of ether oxygens (including phenoxy) is 1. The minimum Gasteiger partial charge on any atom is -0.364 e. The molecule has 0 spiro atoms. The maximum absolute atomic E-state index is 11.5. The van der Waals surface area contributed by atoms with E-state index in [1.54, 1.807) is 0 Å². The number of carbonyl (C=O) groups is 1. The predicted molar refractivity (Wildman–Crippen MR) is 62.2 cm³/mol. The van der Waals surface area contributed by atoms with Crippen molar-refractivity contribution in [3.63, 3.8) is 0 Å². The van der Waals surface area contributed by atoms with Crippen LogP contribution in [-0.2, 0) is 9.53 Å². The summed E-state index contributed by atoms with van der Waals surface area (Å²) in [5.41, 5.74) is -0.158. The molecule has 0 aromatic carbocycles. The largest absolute Gasteiger partial charge is 0.364 e. The summed E-state index contributed by atoms with van der Waals surface area (Å²) in [6.45, 7) is 5.02. The standard InChI is InChI=1S/C12H22N2O2/c1-12(5-2-6-13-9-12)16-8-11(15)14-7-10-3-4-10/h10,13H,2-9H2,1H3,(H,14,15). The Kier molecular flexibility index (Phi) is 3.82. The van der Waals surface area contributed by atoms with Gasteiger partial charge >= 0.3 is 0 Å². The highest BCUT2D eigenvalue weighted by Gasteiger charge is 2.28. The lowest BCUT2D eigenvalue weighted by atomic mass is 9.96. The normalized spacial score (nSPS) is 30.1. The van der Waals surface area contributed by atoms with Crippen molar-refractivity contribution in [1.82, 2.24) is 10.6 Å². The third-order valence-corrected chi connectivity index (χ3v) is 3.39. The van der Waals surface area contributed by atoms with Crippen LogP contribution in [0.25, 0.3) is 0 Å². The van der Waals surface area contributed by atoms with Crippen molar-refractivity contribution >= 4 is 5.91 Å². The Bertz CT molecular complexity index is 245. The van der Waals surface area contributed by atoms with Crippen molar-refractivity contribution in [2.45, 2.75) is 38.2 Å². The van der Waals surface area contributed by atoms with E-state index in [0.29, 0.717) is 0 Å². The van der Waals surface area contributed by atoms with Gasteiger partial charge in [-0.05, 0) is 45.1 Å². The Morgan fingerprint density at radius 3 is 3.00 bits per heavy atom. The molecule has 4 nitrogen and oxygen atoms in total. The van der Waals surface area contributed by atoms with Crippen LogP contribution in [0.3, 0.4) is 0 Å². The van der Waals surface area contributed by atoms with E-state index in [1.165, 1.54) is 12.8 Å².